The van der Waals surface area contributed by atoms with Crippen molar-refractivity contribution in [3.05, 3.63) is 29.8 Å². The number of carbonyl (C=O) groups is 1. The predicted molar refractivity (Wildman–Crippen MR) is 118 cm³/mol. The first-order chi connectivity index (χ1) is 14.2. The van der Waals surface area contributed by atoms with Gasteiger partial charge in [0.1, 0.15) is 18.0 Å². The molecule has 2 aliphatic rings. The van der Waals surface area contributed by atoms with Crippen molar-refractivity contribution in [2.45, 2.75) is 39.0 Å². The van der Waals surface area contributed by atoms with Crippen LogP contribution in [0.5, 0.6) is 5.75 Å². The fourth-order valence-electron chi connectivity index (χ4n) is 3.53. The SMILES string of the molecule is CN(C)CCOc1ccccc1CNC1=NCC2CN(C(=O)OC(C)(C)C)CCN12. The number of nitrogens with one attached hydrogen (secondary N) is 1. The summed E-state index contributed by atoms with van der Waals surface area (Å²) >= 11 is 0. The summed E-state index contributed by atoms with van der Waals surface area (Å²) in [6, 6.07) is 8.29. The Labute approximate surface area is 179 Å². The molecule has 8 heteroatoms. The minimum absolute atomic E-state index is 0.195. The maximum absolute atomic E-state index is 12.4. The van der Waals surface area contributed by atoms with E-state index in [9.17, 15) is 4.79 Å². The molecule has 2 aliphatic heterocycles. The van der Waals surface area contributed by atoms with Crippen molar-refractivity contribution in [1.29, 1.82) is 0 Å². The highest BCUT2D eigenvalue weighted by Crippen LogP contribution is 2.21. The van der Waals surface area contributed by atoms with Crippen LogP contribution in [0.1, 0.15) is 26.3 Å². The van der Waals surface area contributed by atoms with Crippen LogP contribution < -0.4 is 10.1 Å². The van der Waals surface area contributed by atoms with E-state index in [4.69, 9.17) is 9.47 Å². The maximum Gasteiger partial charge on any atom is 0.410 e. The lowest BCUT2D eigenvalue weighted by atomic mass is 10.2. The Morgan fingerprint density at radius 1 is 1.27 bits per heavy atom. The topological polar surface area (TPSA) is 69.6 Å². The molecule has 30 heavy (non-hydrogen) atoms. The Balaban J connectivity index is 1.52. The molecule has 1 atom stereocenters. The number of ether oxygens (including phenoxy) is 2. The number of guanidine groups is 1. The lowest BCUT2D eigenvalue weighted by molar-refractivity contribution is 0.0137. The molecule has 8 nitrogen and oxygen atoms in total. The van der Waals surface area contributed by atoms with E-state index < -0.39 is 5.60 Å². The second kappa shape index (κ2) is 9.55. The molecule has 0 bridgehead atoms. The van der Waals surface area contributed by atoms with Gasteiger partial charge in [-0.3, -0.25) is 4.99 Å². The number of piperazine rings is 1. The number of benzene rings is 1. The molecular formula is C22H35N5O3. The molecule has 0 aromatic heterocycles. The highest BCUT2D eigenvalue weighted by Gasteiger charge is 2.36. The van der Waals surface area contributed by atoms with Crippen molar-refractivity contribution in [2.24, 2.45) is 4.99 Å². The molecule has 0 spiro atoms. The van der Waals surface area contributed by atoms with Crippen molar-refractivity contribution >= 4 is 12.1 Å². The van der Waals surface area contributed by atoms with Gasteiger partial charge >= 0.3 is 6.09 Å². The van der Waals surface area contributed by atoms with Gasteiger partial charge in [0.15, 0.2) is 5.96 Å². The lowest BCUT2D eigenvalue weighted by Gasteiger charge is -2.39. The molecule has 1 amide bonds. The summed E-state index contributed by atoms with van der Waals surface area (Å²) in [5.74, 6) is 1.80. The summed E-state index contributed by atoms with van der Waals surface area (Å²) in [6.07, 6.45) is -0.243. The van der Waals surface area contributed by atoms with E-state index in [0.717, 1.165) is 30.4 Å². The molecule has 1 N–H and O–H groups in total. The zero-order valence-corrected chi connectivity index (χ0v) is 18.9. The van der Waals surface area contributed by atoms with Crippen molar-refractivity contribution in [1.82, 2.24) is 20.0 Å². The molecule has 1 fully saturated rings. The number of fused-ring (bicyclic) bond motifs is 1. The molecule has 0 radical (unpaired) electrons. The number of amides is 1. The van der Waals surface area contributed by atoms with Crippen LogP contribution in [0.25, 0.3) is 0 Å². The third-order valence-electron chi connectivity index (χ3n) is 5.06. The standard InChI is InChI=1S/C22H35N5O3/c1-22(2,3)30-21(28)26-10-11-27-18(16-26)15-24-20(27)23-14-17-8-6-7-9-19(17)29-13-12-25(4)5/h6-9,18H,10-16H2,1-5H3,(H,23,24). The molecule has 0 saturated carbocycles. The first-order valence-corrected chi connectivity index (χ1v) is 10.6. The van der Waals surface area contributed by atoms with Gasteiger partial charge in [-0.05, 0) is 40.9 Å². The minimum Gasteiger partial charge on any atom is -0.492 e. The Bertz CT molecular complexity index is 759. The van der Waals surface area contributed by atoms with Crippen LogP contribution in [0.4, 0.5) is 4.79 Å². The Hall–Kier alpha value is -2.48. The molecule has 2 heterocycles. The van der Waals surface area contributed by atoms with Crippen LogP contribution in [0.15, 0.2) is 29.3 Å². The van der Waals surface area contributed by atoms with Gasteiger partial charge in [-0.2, -0.15) is 0 Å². The van der Waals surface area contributed by atoms with E-state index in [1.54, 1.807) is 4.90 Å². The minimum atomic E-state index is -0.477. The number of aliphatic imine (C=N–C) groups is 1. The van der Waals surface area contributed by atoms with Gasteiger partial charge in [-0.25, -0.2) is 4.79 Å². The fourth-order valence-corrected chi connectivity index (χ4v) is 3.53. The fraction of sp³-hybridized carbons (Fsp3) is 0.636. The molecule has 3 rings (SSSR count). The summed E-state index contributed by atoms with van der Waals surface area (Å²) in [4.78, 5) is 23.2. The third-order valence-corrected chi connectivity index (χ3v) is 5.06. The largest absolute Gasteiger partial charge is 0.492 e. The first-order valence-electron chi connectivity index (χ1n) is 10.6. The van der Waals surface area contributed by atoms with Gasteiger partial charge in [0.2, 0.25) is 0 Å². The van der Waals surface area contributed by atoms with E-state index in [1.165, 1.54) is 0 Å². The molecule has 0 aliphatic carbocycles. The van der Waals surface area contributed by atoms with E-state index in [2.05, 4.69) is 26.2 Å². The number of rotatable bonds is 6. The lowest BCUT2D eigenvalue weighted by Crippen LogP contribution is -2.57. The predicted octanol–water partition coefficient (Wildman–Crippen LogP) is 2.01. The second-order valence-electron chi connectivity index (χ2n) is 9.05. The van der Waals surface area contributed by atoms with Crippen LogP contribution in [-0.4, -0.2) is 91.8 Å². The quantitative estimate of drug-likeness (QED) is 0.764. The molecule has 1 aromatic rings. The number of hydrogen-bond acceptors (Lipinski definition) is 7. The van der Waals surface area contributed by atoms with Gasteiger partial charge in [-0.1, -0.05) is 18.2 Å². The summed E-state index contributed by atoms with van der Waals surface area (Å²) < 4.78 is 11.5. The van der Waals surface area contributed by atoms with Crippen molar-refractivity contribution in [3.8, 4) is 5.75 Å². The maximum atomic E-state index is 12.4. The van der Waals surface area contributed by atoms with Crippen molar-refractivity contribution in [3.63, 3.8) is 0 Å². The normalized spacial score (nSPS) is 18.9. The molecular weight excluding hydrogens is 382 g/mol. The highest BCUT2D eigenvalue weighted by atomic mass is 16.6. The van der Waals surface area contributed by atoms with E-state index in [-0.39, 0.29) is 12.1 Å². The monoisotopic (exact) mass is 417 g/mol. The summed E-state index contributed by atoms with van der Waals surface area (Å²) in [5.41, 5.74) is 0.629. The van der Waals surface area contributed by atoms with Crippen LogP contribution in [0, 0.1) is 0 Å². The highest BCUT2D eigenvalue weighted by molar-refractivity contribution is 5.82. The van der Waals surface area contributed by atoms with Gasteiger partial charge < -0.3 is 29.5 Å². The average molecular weight is 418 g/mol. The van der Waals surface area contributed by atoms with Crippen LogP contribution in [0.2, 0.25) is 0 Å². The van der Waals surface area contributed by atoms with Crippen molar-refractivity contribution < 1.29 is 14.3 Å². The Morgan fingerprint density at radius 2 is 2.03 bits per heavy atom. The summed E-state index contributed by atoms with van der Waals surface area (Å²) in [7, 11) is 4.07. The van der Waals surface area contributed by atoms with E-state index in [1.807, 2.05) is 53.1 Å². The molecule has 166 valence electrons. The Morgan fingerprint density at radius 3 is 2.77 bits per heavy atom. The average Bonchev–Trinajstić information content (AvgIpc) is 3.08. The smallest absolute Gasteiger partial charge is 0.410 e. The number of carbonyl (C=O) groups excluding carboxylic acids is 1. The molecule has 1 unspecified atom stereocenters. The van der Waals surface area contributed by atoms with Gasteiger partial charge in [-0.15, -0.1) is 0 Å². The number of likely N-dealkylation sites (N-methyl/N-ethyl adjacent to an activating group) is 1. The Kier molecular flexibility index (Phi) is 7.07. The number of para-hydroxylation sites is 1. The number of hydrogen-bond donors (Lipinski definition) is 1. The molecule has 1 saturated heterocycles. The van der Waals surface area contributed by atoms with E-state index in [0.29, 0.717) is 32.8 Å². The zero-order chi connectivity index (χ0) is 21.7. The zero-order valence-electron chi connectivity index (χ0n) is 18.9. The van der Waals surface area contributed by atoms with Crippen molar-refractivity contribution in [2.75, 3.05) is 53.4 Å². The molecule has 1 aromatic carbocycles. The van der Waals surface area contributed by atoms with E-state index >= 15 is 0 Å². The number of nitrogens with zero attached hydrogens (tertiary/aromatic N) is 4. The second-order valence-corrected chi connectivity index (χ2v) is 9.05. The van der Waals surface area contributed by atoms with Gasteiger partial charge in [0.25, 0.3) is 0 Å². The first kappa shape index (κ1) is 22.2. The van der Waals surface area contributed by atoms with Crippen LogP contribution in [-0.2, 0) is 11.3 Å². The van der Waals surface area contributed by atoms with Crippen LogP contribution in [0.3, 0.4) is 0 Å². The van der Waals surface area contributed by atoms with Crippen LogP contribution >= 0.6 is 0 Å². The summed E-state index contributed by atoms with van der Waals surface area (Å²) in [6.45, 7) is 10.6. The van der Waals surface area contributed by atoms with Gasteiger partial charge in [0.05, 0.1) is 12.6 Å². The van der Waals surface area contributed by atoms with Gasteiger partial charge in [0, 0.05) is 38.3 Å². The third kappa shape index (κ3) is 6.01. The summed E-state index contributed by atoms with van der Waals surface area (Å²) in [5, 5.41) is 3.47.